The quantitative estimate of drug-likeness (QED) is 0.850. The number of nitrogens with zero attached hydrogens (tertiary/aromatic N) is 2. The zero-order valence-electron chi connectivity index (χ0n) is 9.74. The van der Waals surface area contributed by atoms with Gasteiger partial charge in [0, 0.05) is 23.9 Å². The monoisotopic (exact) mass is 249 g/mol. The van der Waals surface area contributed by atoms with E-state index in [0.29, 0.717) is 11.5 Å². The average molecular weight is 249 g/mol. The lowest BCUT2D eigenvalue weighted by atomic mass is 10.1. The van der Waals surface area contributed by atoms with Crippen molar-refractivity contribution in [2.24, 2.45) is 5.92 Å². The fraction of sp³-hybridized carbons (Fsp3) is 0.308. The van der Waals surface area contributed by atoms with Crippen LogP contribution in [-0.4, -0.2) is 9.78 Å². The minimum absolute atomic E-state index is 0.179. The van der Waals surface area contributed by atoms with Gasteiger partial charge in [-0.1, -0.05) is 0 Å². The van der Waals surface area contributed by atoms with Gasteiger partial charge in [0.05, 0.1) is 11.9 Å². The van der Waals surface area contributed by atoms with Gasteiger partial charge in [-0.3, -0.25) is 4.68 Å². The van der Waals surface area contributed by atoms with Crippen molar-refractivity contribution in [1.29, 1.82) is 0 Å². The van der Waals surface area contributed by atoms with Crippen LogP contribution in [0, 0.1) is 17.6 Å². The highest BCUT2D eigenvalue weighted by atomic mass is 19.2. The summed E-state index contributed by atoms with van der Waals surface area (Å²) in [7, 11) is 0. The number of hydrogen-bond donors (Lipinski definition) is 1. The highest BCUT2D eigenvalue weighted by Crippen LogP contribution is 2.31. The third kappa shape index (κ3) is 1.96. The van der Waals surface area contributed by atoms with E-state index in [1.807, 2.05) is 0 Å². The van der Waals surface area contributed by atoms with Crippen LogP contribution in [0.4, 0.5) is 14.5 Å². The van der Waals surface area contributed by atoms with Crippen molar-refractivity contribution in [3.8, 4) is 11.1 Å². The summed E-state index contributed by atoms with van der Waals surface area (Å²) >= 11 is 0. The Morgan fingerprint density at radius 2 is 2.06 bits per heavy atom. The van der Waals surface area contributed by atoms with Crippen LogP contribution in [0.2, 0.25) is 0 Å². The second-order valence-electron chi connectivity index (χ2n) is 4.72. The van der Waals surface area contributed by atoms with Gasteiger partial charge in [-0.15, -0.1) is 0 Å². The number of halogens is 2. The third-order valence-corrected chi connectivity index (χ3v) is 3.20. The standard InChI is InChI=1S/C13H13F2N3/c14-12-10(3-4-11(16)13(12)15)9-5-17-18(7-9)6-8-1-2-8/h3-5,7-8H,1-2,6,16H2. The highest BCUT2D eigenvalue weighted by Gasteiger charge is 2.22. The zero-order chi connectivity index (χ0) is 12.7. The first-order chi connectivity index (χ1) is 8.65. The summed E-state index contributed by atoms with van der Waals surface area (Å²) in [6, 6.07) is 2.85. The summed E-state index contributed by atoms with van der Waals surface area (Å²) in [6.45, 7) is 0.846. The lowest BCUT2D eigenvalue weighted by Gasteiger charge is -2.03. The molecular weight excluding hydrogens is 236 g/mol. The van der Waals surface area contributed by atoms with Crippen molar-refractivity contribution in [3.63, 3.8) is 0 Å². The molecular formula is C13H13F2N3. The summed E-state index contributed by atoms with van der Waals surface area (Å²) < 4.78 is 28.9. The molecule has 5 heteroatoms. The van der Waals surface area contributed by atoms with Crippen LogP contribution < -0.4 is 5.73 Å². The van der Waals surface area contributed by atoms with Gasteiger partial charge in [-0.2, -0.15) is 5.10 Å². The molecule has 0 aliphatic heterocycles. The molecule has 0 saturated heterocycles. The van der Waals surface area contributed by atoms with Gasteiger partial charge in [-0.05, 0) is 30.9 Å². The molecule has 1 heterocycles. The minimum atomic E-state index is -0.998. The lowest BCUT2D eigenvalue weighted by molar-refractivity contribution is 0.514. The average Bonchev–Trinajstić information content (AvgIpc) is 3.04. The normalized spacial score (nSPS) is 15.0. The molecule has 1 saturated carbocycles. The molecule has 94 valence electrons. The number of hydrogen-bond acceptors (Lipinski definition) is 2. The maximum atomic E-state index is 13.7. The number of nitrogens with two attached hydrogens (primary N) is 1. The molecule has 0 bridgehead atoms. The fourth-order valence-electron chi connectivity index (χ4n) is 1.95. The second-order valence-corrected chi connectivity index (χ2v) is 4.72. The van der Waals surface area contributed by atoms with E-state index in [1.54, 1.807) is 17.1 Å². The Hall–Kier alpha value is -1.91. The van der Waals surface area contributed by atoms with E-state index < -0.39 is 11.6 Å². The number of anilines is 1. The number of benzene rings is 1. The van der Waals surface area contributed by atoms with E-state index in [1.165, 1.54) is 25.0 Å². The molecule has 3 rings (SSSR count). The van der Waals surface area contributed by atoms with Gasteiger partial charge in [0.1, 0.15) is 0 Å². The summed E-state index contributed by atoms with van der Waals surface area (Å²) in [4.78, 5) is 0. The Morgan fingerprint density at radius 3 is 2.78 bits per heavy atom. The molecule has 1 aromatic carbocycles. The minimum Gasteiger partial charge on any atom is -0.396 e. The Kier molecular flexibility index (Phi) is 2.54. The van der Waals surface area contributed by atoms with E-state index in [2.05, 4.69) is 5.10 Å². The van der Waals surface area contributed by atoms with E-state index >= 15 is 0 Å². The van der Waals surface area contributed by atoms with Gasteiger partial charge in [-0.25, -0.2) is 8.78 Å². The van der Waals surface area contributed by atoms with Gasteiger partial charge in [0.25, 0.3) is 0 Å². The van der Waals surface area contributed by atoms with E-state index in [0.717, 1.165) is 6.54 Å². The van der Waals surface area contributed by atoms with Gasteiger partial charge in [0.2, 0.25) is 0 Å². The number of nitrogen functional groups attached to an aromatic ring is 1. The zero-order valence-corrected chi connectivity index (χ0v) is 9.74. The maximum absolute atomic E-state index is 13.7. The molecule has 0 unspecified atom stereocenters. The SMILES string of the molecule is Nc1ccc(-c2cnn(CC3CC3)c2)c(F)c1F. The Bertz CT molecular complexity index is 588. The highest BCUT2D eigenvalue weighted by molar-refractivity contribution is 5.65. The molecule has 0 atom stereocenters. The van der Waals surface area contributed by atoms with Crippen LogP contribution in [0.5, 0.6) is 0 Å². The first-order valence-electron chi connectivity index (χ1n) is 5.91. The summed E-state index contributed by atoms with van der Waals surface area (Å²) in [5.74, 6) is -1.23. The first-order valence-corrected chi connectivity index (χ1v) is 5.91. The summed E-state index contributed by atoms with van der Waals surface area (Å²) in [5, 5.41) is 4.16. The smallest absolute Gasteiger partial charge is 0.182 e. The molecule has 2 aromatic rings. The fourth-order valence-corrected chi connectivity index (χ4v) is 1.95. The van der Waals surface area contributed by atoms with Crippen LogP contribution in [0.3, 0.4) is 0 Å². The molecule has 1 fully saturated rings. The second kappa shape index (κ2) is 4.08. The molecule has 0 spiro atoms. The van der Waals surface area contributed by atoms with Gasteiger partial charge < -0.3 is 5.73 Å². The van der Waals surface area contributed by atoms with Crippen LogP contribution in [-0.2, 0) is 6.54 Å². The molecule has 3 nitrogen and oxygen atoms in total. The van der Waals surface area contributed by atoms with Gasteiger partial charge >= 0.3 is 0 Å². The number of aromatic nitrogens is 2. The van der Waals surface area contributed by atoms with Crippen LogP contribution >= 0.6 is 0 Å². The third-order valence-electron chi connectivity index (χ3n) is 3.20. The first kappa shape index (κ1) is 11.2. The van der Waals surface area contributed by atoms with Crippen molar-refractivity contribution in [1.82, 2.24) is 9.78 Å². The predicted molar refractivity (Wildman–Crippen MR) is 64.7 cm³/mol. The molecule has 1 aliphatic carbocycles. The number of rotatable bonds is 3. The van der Waals surface area contributed by atoms with Gasteiger partial charge in [0.15, 0.2) is 11.6 Å². The topological polar surface area (TPSA) is 43.8 Å². The lowest BCUT2D eigenvalue weighted by Crippen LogP contribution is -1.99. The van der Waals surface area contributed by atoms with Crippen molar-refractivity contribution in [2.75, 3.05) is 5.73 Å². The van der Waals surface area contributed by atoms with E-state index in [4.69, 9.17) is 5.73 Å². The molecule has 2 N–H and O–H groups in total. The molecule has 0 amide bonds. The van der Waals surface area contributed by atoms with Crippen molar-refractivity contribution >= 4 is 5.69 Å². The van der Waals surface area contributed by atoms with E-state index in [-0.39, 0.29) is 11.3 Å². The largest absolute Gasteiger partial charge is 0.396 e. The molecule has 0 radical (unpaired) electrons. The van der Waals surface area contributed by atoms with Crippen molar-refractivity contribution < 1.29 is 8.78 Å². The van der Waals surface area contributed by atoms with Crippen molar-refractivity contribution in [2.45, 2.75) is 19.4 Å². The molecule has 1 aromatic heterocycles. The van der Waals surface area contributed by atoms with Crippen LogP contribution in [0.25, 0.3) is 11.1 Å². The molecule has 1 aliphatic rings. The Balaban J connectivity index is 1.93. The predicted octanol–water partition coefficient (Wildman–Crippen LogP) is 2.82. The Labute approximate surface area is 103 Å². The summed E-state index contributed by atoms with van der Waals surface area (Å²) in [6.07, 6.45) is 5.74. The van der Waals surface area contributed by atoms with E-state index in [9.17, 15) is 8.78 Å². The Morgan fingerprint density at radius 1 is 1.28 bits per heavy atom. The van der Waals surface area contributed by atoms with Crippen LogP contribution in [0.1, 0.15) is 12.8 Å². The molecule has 18 heavy (non-hydrogen) atoms. The summed E-state index contributed by atoms with van der Waals surface area (Å²) in [5.41, 5.74) is 5.91. The van der Waals surface area contributed by atoms with Crippen molar-refractivity contribution in [3.05, 3.63) is 36.2 Å². The maximum Gasteiger partial charge on any atom is 0.182 e. The van der Waals surface area contributed by atoms with Crippen LogP contribution in [0.15, 0.2) is 24.5 Å².